The standard InChI is InChI=1S/C10H19NO4S/c1-3-15-6-4-9(12)11-8(10(13)14)5-7-16-2/h8H,3-7H2,1-2H3,(H,11,12)(H,13,14)/t8-/m1/s1. The summed E-state index contributed by atoms with van der Waals surface area (Å²) in [5.41, 5.74) is 0. The third-order valence-corrected chi connectivity index (χ3v) is 2.57. The van der Waals surface area contributed by atoms with E-state index in [1.807, 2.05) is 13.2 Å². The first kappa shape index (κ1) is 15.2. The molecule has 0 saturated carbocycles. The fourth-order valence-corrected chi connectivity index (χ4v) is 1.54. The van der Waals surface area contributed by atoms with E-state index in [4.69, 9.17) is 9.84 Å². The van der Waals surface area contributed by atoms with Crippen molar-refractivity contribution < 1.29 is 19.4 Å². The zero-order chi connectivity index (χ0) is 12.4. The predicted molar refractivity (Wildman–Crippen MR) is 63.7 cm³/mol. The fourth-order valence-electron chi connectivity index (χ4n) is 1.07. The third kappa shape index (κ3) is 7.53. The van der Waals surface area contributed by atoms with Gasteiger partial charge in [-0.05, 0) is 25.4 Å². The van der Waals surface area contributed by atoms with Gasteiger partial charge in [0.1, 0.15) is 6.04 Å². The van der Waals surface area contributed by atoms with Gasteiger partial charge in [0.25, 0.3) is 0 Å². The van der Waals surface area contributed by atoms with Crippen molar-refractivity contribution in [3.05, 3.63) is 0 Å². The van der Waals surface area contributed by atoms with Crippen LogP contribution in [0.4, 0.5) is 0 Å². The lowest BCUT2D eigenvalue weighted by Gasteiger charge is -2.13. The van der Waals surface area contributed by atoms with E-state index in [1.54, 1.807) is 11.8 Å². The van der Waals surface area contributed by atoms with Crippen LogP contribution in [-0.4, -0.2) is 48.2 Å². The molecule has 0 aliphatic carbocycles. The summed E-state index contributed by atoms with van der Waals surface area (Å²) < 4.78 is 5.01. The Hall–Kier alpha value is -0.750. The van der Waals surface area contributed by atoms with Crippen LogP contribution in [0.25, 0.3) is 0 Å². The molecule has 2 N–H and O–H groups in total. The predicted octanol–water partition coefficient (Wildman–Crippen LogP) is 0.735. The topological polar surface area (TPSA) is 75.6 Å². The SMILES string of the molecule is CCOCCC(=O)N[C@H](CCSC)C(=O)O. The molecular weight excluding hydrogens is 230 g/mol. The number of carbonyl (C=O) groups is 2. The lowest BCUT2D eigenvalue weighted by Crippen LogP contribution is -2.41. The molecule has 16 heavy (non-hydrogen) atoms. The smallest absolute Gasteiger partial charge is 0.326 e. The van der Waals surface area contributed by atoms with Gasteiger partial charge in [-0.25, -0.2) is 4.79 Å². The van der Waals surface area contributed by atoms with Crippen LogP contribution in [0.15, 0.2) is 0 Å². The van der Waals surface area contributed by atoms with E-state index in [1.165, 1.54) is 0 Å². The summed E-state index contributed by atoms with van der Waals surface area (Å²) in [6.45, 7) is 2.73. The molecule has 0 spiro atoms. The van der Waals surface area contributed by atoms with E-state index < -0.39 is 12.0 Å². The minimum absolute atomic E-state index is 0.205. The van der Waals surface area contributed by atoms with Crippen molar-refractivity contribution in [1.29, 1.82) is 0 Å². The van der Waals surface area contributed by atoms with E-state index in [0.29, 0.717) is 25.4 Å². The molecule has 5 nitrogen and oxygen atoms in total. The summed E-state index contributed by atoms with van der Waals surface area (Å²) in [4.78, 5) is 22.2. The first-order valence-electron chi connectivity index (χ1n) is 5.20. The summed E-state index contributed by atoms with van der Waals surface area (Å²) in [6.07, 6.45) is 2.55. The molecule has 0 aliphatic heterocycles. The van der Waals surface area contributed by atoms with Crippen molar-refractivity contribution in [2.24, 2.45) is 0 Å². The third-order valence-electron chi connectivity index (χ3n) is 1.92. The maximum Gasteiger partial charge on any atom is 0.326 e. The monoisotopic (exact) mass is 249 g/mol. The van der Waals surface area contributed by atoms with Gasteiger partial charge in [0.2, 0.25) is 5.91 Å². The first-order chi connectivity index (χ1) is 7.61. The Labute approximate surface area is 99.9 Å². The Morgan fingerprint density at radius 1 is 1.50 bits per heavy atom. The number of rotatable bonds is 9. The number of aliphatic carboxylic acids is 1. The highest BCUT2D eigenvalue weighted by Gasteiger charge is 2.18. The summed E-state index contributed by atoms with van der Waals surface area (Å²) >= 11 is 1.56. The van der Waals surface area contributed by atoms with Crippen LogP contribution in [-0.2, 0) is 14.3 Å². The second-order valence-corrected chi connectivity index (χ2v) is 4.17. The number of carboxylic acids is 1. The minimum atomic E-state index is -0.987. The number of hydrogen-bond donors (Lipinski definition) is 2. The highest BCUT2D eigenvalue weighted by atomic mass is 32.2. The normalized spacial score (nSPS) is 12.1. The molecule has 0 saturated heterocycles. The molecule has 0 aromatic carbocycles. The van der Waals surface area contributed by atoms with Gasteiger partial charge in [-0.15, -0.1) is 0 Å². The van der Waals surface area contributed by atoms with E-state index in [-0.39, 0.29) is 12.3 Å². The molecule has 0 aliphatic rings. The van der Waals surface area contributed by atoms with Crippen molar-refractivity contribution in [3.8, 4) is 0 Å². The second-order valence-electron chi connectivity index (χ2n) is 3.19. The quantitative estimate of drug-likeness (QED) is 0.589. The Morgan fingerprint density at radius 3 is 2.69 bits per heavy atom. The van der Waals surface area contributed by atoms with Crippen LogP contribution >= 0.6 is 11.8 Å². The molecule has 94 valence electrons. The largest absolute Gasteiger partial charge is 0.480 e. The molecule has 0 fully saturated rings. The van der Waals surface area contributed by atoms with Crippen LogP contribution in [0.1, 0.15) is 19.8 Å². The van der Waals surface area contributed by atoms with Gasteiger partial charge in [0.15, 0.2) is 0 Å². The van der Waals surface area contributed by atoms with Crippen LogP contribution in [0, 0.1) is 0 Å². The van der Waals surface area contributed by atoms with Gasteiger partial charge >= 0.3 is 5.97 Å². The van der Waals surface area contributed by atoms with Crippen molar-refractivity contribution in [1.82, 2.24) is 5.32 Å². The Bertz CT molecular complexity index is 223. The summed E-state index contributed by atoms with van der Waals surface area (Å²) in [5, 5.41) is 11.3. The molecule has 1 atom stereocenters. The van der Waals surface area contributed by atoms with Crippen LogP contribution < -0.4 is 5.32 Å². The fraction of sp³-hybridized carbons (Fsp3) is 0.800. The number of nitrogens with one attached hydrogen (secondary N) is 1. The first-order valence-corrected chi connectivity index (χ1v) is 6.60. The zero-order valence-corrected chi connectivity index (χ0v) is 10.5. The van der Waals surface area contributed by atoms with Crippen LogP contribution in [0.3, 0.4) is 0 Å². The van der Waals surface area contributed by atoms with Gasteiger partial charge in [-0.1, -0.05) is 0 Å². The number of thioether (sulfide) groups is 1. The van der Waals surface area contributed by atoms with E-state index in [9.17, 15) is 9.59 Å². The molecule has 0 unspecified atom stereocenters. The van der Waals surface area contributed by atoms with E-state index >= 15 is 0 Å². The summed E-state index contributed by atoms with van der Waals surface area (Å²) in [5.74, 6) is -0.552. The Kier molecular flexibility index (Phi) is 9.03. The number of ether oxygens (including phenoxy) is 1. The highest BCUT2D eigenvalue weighted by molar-refractivity contribution is 7.98. The summed E-state index contributed by atoms with van der Waals surface area (Å²) in [7, 11) is 0. The zero-order valence-electron chi connectivity index (χ0n) is 9.69. The maximum atomic E-state index is 11.3. The van der Waals surface area contributed by atoms with Gasteiger partial charge in [-0.2, -0.15) is 11.8 Å². The lowest BCUT2D eigenvalue weighted by atomic mass is 10.2. The van der Waals surface area contributed by atoms with E-state index in [2.05, 4.69) is 5.32 Å². The van der Waals surface area contributed by atoms with Gasteiger partial charge in [-0.3, -0.25) is 4.79 Å². The average molecular weight is 249 g/mol. The van der Waals surface area contributed by atoms with Gasteiger partial charge in [0, 0.05) is 13.0 Å². The van der Waals surface area contributed by atoms with Crippen molar-refractivity contribution in [2.75, 3.05) is 25.2 Å². The molecule has 0 rings (SSSR count). The Balaban J connectivity index is 3.88. The number of carbonyl (C=O) groups excluding carboxylic acids is 1. The number of amides is 1. The van der Waals surface area contributed by atoms with Crippen LogP contribution in [0.2, 0.25) is 0 Å². The Morgan fingerprint density at radius 2 is 2.19 bits per heavy atom. The molecule has 6 heteroatoms. The molecule has 0 radical (unpaired) electrons. The lowest BCUT2D eigenvalue weighted by molar-refractivity contribution is -0.142. The van der Waals surface area contributed by atoms with Gasteiger partial charge in [0.05, 0.1) is 6.61 Å². The van der Waals surface area contributed by atoms with E-state index in [0.717, 1.165) is 0 Å². The van der Waals surface area contributed by atoms with Crippen molar-refractivity contribution in [3.63, 3.8) is 0 Å². The molecule has 0 heterocycles. The second kappa shape index (κ2) is 9.47. The van der Waals surface area contributed by atoms with Crippen molar-refractivity contribution >= 4 is 23.6 Å². The maximum absolute atomic E-state index is 11.3. The molecular formula is C10H19NO4S. The molecule has 1 amide bonds. The minimum Gasteiger partial charge on any atom is -0.480 e. The molecule has 0 aromatic rings. The number of carboxylic acid groups (broad SMARTS) is 1. The number of hydrogen-bond acceptors (Lipinski definition) is 4. The highest BCUT2D eigenvalue weighted by Crippen LogP contribution is 2.01. The van der Waals surface area contributed by atoms with Gasteiger partial charge < -0.3 is 15.2 Å². The molecule has 0 aromatic heterocycles. The van der Waals surface area contributed by atoms with Crippen LogP contribution in [0.5, 0.6) is 0 Å². The average Bonchev–Trinajstić information content (AvgIpc) is 2.24. The summed E-state index contributed by atoms with van der Waals surface area (Å²) in [6, 6.07) is -0.790. The molecule has 0 bridgehead atoms. The van der Waals surface area contributed by atoms with Crippen molar-refractivity contribution in [2.45, 2.75) is 25.8 Å².